The number of benzene rings is 2. The van der Waals surface area contributed by atoms with E-state index in [9.17, 15) is 4.79 Å². The topological polar surface area (TPSA) is 41.1 Å². The summed E-state index contributed by atoms with van der Waals surface area (Å²) >= 11 is 0. The van der Waals surface area contributed by atoms with Gasteiger partial charge in [-0.1, -0.05) is 36.8 Å². The molecule has 0 aromatic heterocycles. The standard InChI is InChI=1S/C18H22N2O/c1-4-19-12-15-6-5-7-16(11-15)20-18(21)17-10-13(2)8-9-14(17)3/h5-11,19H,4,12H2,1-3H3,(H,20,21). The molecule has 0 atom stereocenters. The molecule has 0 heterocycles. The van der Waals surface area contributed by atoms with Gasteiger partial charge in [0.25, 0.3) is 5.91 Å². The van der Waals surface area contributed by atoms with E-state index in [-0.39, 0.29) is 5.91 Å². The highest BCUT2D eigenvalue weighted by Gasteiger charge is 2.09. The Hall–Kier alpha value is -2.13. The lowest BCUT2D eigenvalue weighted by atomic mass is 10.0. The van der Waals surface area contributed by atoms with Crippen molar-refractivity contribution in [1.29, 1.82) is 0 Å². The van der Waals surface area contributed by atoms with Gasteiger partial charge in [-0.05, 0) is 49.7 Å². The molecule has 3 nitrogen and oxygen atoms in total. The highest BCUT2D eigenvalue weighted by molar-refractivity contribution is 6.05. The van der Waals surface area contributed by atoms with Crippen LogP contribution in [0.25, 0.3) is 0 Å². The average Bonchev–Trinajstić information content (AvgIpc) is 2.48. The third-order valence-corrected chi connectivity index (χ3v) is 3.40. The molecule has 3 heteroatoms. The van der Waals surface area contributed by atoms with Crippen molar-refractivity contribution in [2.45, 2.75) is 27.3 Å². The minimum Gasteiger partial charge on any atom is -0.322 e. The van der Waals surface area contributed by atoms with Crippen LogP contribution in [-0.2, 0) is 6.54 Å². The second-order valence-corrected chi connectivity index (χ2v) is 5.25. The number of aryl methyl sites for hydroxylation is 2. The van der Waals surface area contributed by atoms with E-state index in [1.54, 1.807) is 0 Å². The number of amides is 1. The van der Waals surface area contributed by atoms with E-state index in [1.807, 2.05) is 50.2 Å². The molecule has 0 saturated carbocycles. The maximum atomic E-state index is 12.4. The Morgan fingerprint density at radius 1 is 1.10 bits per heavy atom. The third kappa shape index (κ3) is 4.17. The summed E-state index contributed by atoms with van der Waals surface area (Å²) in [5.41, 5.74) is 4.80. The molecular formula is C18H22N2O. The summed E-state index contributed by atoms with van der Waals surface area (Å²) in [6.45, 7) is 7.76. The Morgan fingerprint density at radius 3 is 2.67 bits per heavy atom. The summed E-state index contributed by atoms with van der Waals surface area (Å²) in [5.74, 6) is -0.0585. The molecule has 2 N–H and O–H groups in total. The van der Waals surface area contributed by atoms with Crippen molar-refractivity contribution in [1.82, 2.24) is 5.32 Å². The van der Waals surface area contributed by atoms with Crippen molar-refractivity contribution < 1.29 is 4.79 Å². The lowest BCUT2D eigenvalue weighted by Crippen LogP contribution is -2.15. The van der Waals surface area contributed by atoms with Crippen LogP contribution in [0.4, 0.5) is 5.69 Å². The smallest absolute Gasteiger partial charge is 0.255 e. The molecule has 0 radical (unpaired) electrons. The number of carbonyl (C=O) groups is 1. The van der Waals surface area contributed by atoms with Gasteiger partial charge in [-0.15, -0.1) is 0 Å². The highest BCUT2D eigenvalue weighted by atomic mass is 16.1. The van der Waals surface area contributed by atoms with Crippen LogP contribution >= 0.6 is 0 Å². The van der Waals surface area contributed by atoms with Crippen LogP contribution in [0.1, 0.15) is 34.0 Å². The molecule has 0 aliphatic carbocycles. The molecule has 2 aromatic carbocycles. The molecule has 0 unspecified atom stereocenters. The van der Waals surface area contributed by atoms with Crippen LogP contribution < -0.4 is 10.6 Å². The SMILES string of the molecule is CCNCc1cccc(NC(=O)c2cc(C)ccc2C)c1. The predicted octanol–water partition coefficient (Wildman–Crippen LogP) is 3.67. The van der Waals surface area contributed by atoms with Crippen molar-refractivity contribution in [3.63, 3.8) is 0 Å². The zero-order valence-electron chi connectivity index (χ0n) is 12.9. The zero-order valence-corrected chi connectivity index (χ0v) is 12.9. The van der Waals surface area contributed by atoms with E-state index < -0.39 is 0 Å². The Morgan fingerprint density at radius 2 is 1.90 bits per heavy atom. The molecular weight excluding hydrogens is 260 g/mol. The Balaban J connectivity index is 2.14. The largest absolute Gasteiger partial charge is 0.322 e. The van der Waals surface area contributed by atoms with Gasteiger partial charge >= 0.3 is 0 Å². The van der Waals surface area contributed by atoms with E-state index >= 15 is 0 Å². The van der Waals surface area contributed by atoms with Crippen molar-refractivity contribution in [3.05, 3.63) is 64.7 Å². The van der Waals surface area contributed by atoms with Crippen molar-refractivity contribution in [3.8, 4) is 0 Å². The van der Waals surface area contributed by atoms with Crippen LogP contribution in [0, 0.1) is 13.8 Å². The maximum Gasteiger partial charge on any atom is 0.255 e. The van der Waals surface area contributed by atoms with Crippen molar-refractivity contribution in [2.75, 3.05) is 11.9 Å². The molecule has 0 fully saturated rings. The number of nitrogens with one attached hydrogen (secondary N) is 2. The normalized spacial score (nSPS) is 10.4. The Labute approximate surface area is 126 Å². The molecule has 0 aliphatic heterocycles. The first-order valence-electron chi connectivity index (χ1n) is 7.28. The van der Waals surface area contributed by atoms with Crippen LogP contribution in [0.5, 0.6) is 0 Å². The monoisotopic (exact) mass is 282 g/mol. The fourth-order valence-corrected chi connectivity index (χ4v) is 2.21. The van der Waals surface area contributed by atoms with Crippen LogP contribution in [-0.4, -0.2) is 12.5 Å². The fraction of sp³-hybridized carbons (Fsp3) is 0.278. The quantitative estimate of drug-likeness (QED) is 0.878. The number of hydrogen-bond acceptors (Lipinski definition) is 2. The van der Waals surface area contributed by atoms with Crippen molar-refractivity contribution >= 4 is 11.6 Å². The van der Waals surface area contributed by atoms with E-state index in [2.05, 4.69) is 23.6 Å². The zero-order chi connectivity index (χ0) is 15.2. The molecule has 0 bridgehead atoms. The molecule has 0 spiro atoms. The highest BCUT2D eigenvalue weighted by Crippen LogP contribution is 2.15. The van der Waals surface area contributed by atoms with Gasteiger partial charge in [0, 0.05) is 17.8 Å². The first-order chi connectivity index (χ1) is 10.1. The minimum atomic E-state index is -0.0585. The van der Waals surface area contributed by atoms with Gasteiger partial charge in [0.05, 0.1) is 0 Å². The summed E-state index contributed by atoms with van der Waals surface area (Å²) < 4.78 is 0. The van der Waals surface area contributed by atoms with Gasteiger partial charge in [-0.2, -0.15) is 0 Å². The predicted molar refractivity (Wildman–Crippen MR) is 87.7 cm³/mol. The molecule has 0 saturated heterocycles. The molecule has 1 amide bonds. The second-order valence-electron chi connectivity index (χ2n) is 5.25. The minimum absolute atomic E-state index is 0.0585. The average molecular weight is 282 g/mol. The van der Waals surface area contributed by atoms with Gasteiger partial charge in [0.15, 0.2) is 0 Å². The van der Waals surface area contributed by atoms with Crippen LogP contribution in [0.3, 0.4) is 0 Å². The van der Waals surface area contributed by atoms with E-state index in [1.165, 1.54) is 0 Å². The first kappa shape index (κ1) is 15.3. The summed E-state index contributed by atoms with van der Waals surface area (Å²) in [5, 5.41) is 6.26. The molecule has 110 valence electrons. The lowest BCUT2D eigenvalue weighted by Gasteiger charge is -2.10. The number of hydrogen-bond donors (Lipinski definition) is 2. The Kier molecular flexibility index (Phi) is 5.12. The molecule has 2 aromatic rings. The van der Waals surface area contributed by atoms with E-state index in [0.717, 1.165) is 41.0 Å². The maximum absolute atomic E-state index is 12.4. The van der Waals surface area contributed by atoms with Gasteiger partial charge in [0.2, 0.25) is 0 Å². The van der Waals surface area contributed by atoms with E-state index in [0.29, 0.717) is 0 Å². The van der Waals surface area contributed by atoms with Gasteiger partial charge < -0.3 is 10.6 Å². The molecule has 0 aliphatic rings. The number of rotatable bonds is 5. The first-order valence-corrected chi connectivity index (χ1v) is 7.28. The van der Waals surface area contributed by atoms with Gasteiger partial charge in [-0.3, -0.25) is 4.79 Å². The summed E-state index contributed by atoms with van der Waals surface area (Å²) in [7, 11) is 0. The number of carbonyl (C=O) groups excluding carboxylic acids is 1. The van der Waals surface area contributed by atoms with Crippen molar-refractivity contribution in [2.24, 2.45) is 0 Å². The third-order valence-electron chi connectivity index (χ3n) is 3.40. The number of anilines is 1. The summed E-state index contributed by atoms with van der Waals surface area (Å²) in [6.07, 6.45) is 0. The summed E-state index contributed by atoms with van der Waals surface area (Å²) in [4.78, 5) is 12.4. The Bertz CT molecular complexity index is 635. The molecule has 2 rings (SSSR count). The fourth-order valence-electron chi connectivity index (χ4n) is 2.21. The summed E-state index contributed by atoms with van der Waals surface area (Å²) in [6, 6.07) is 13.9. The van der Waals surface area contributed by atoms with Gasteiger partial charge in [-0.25, -0.2) is 0 Å². The van der Waals surface area contributed by atoms with Crippen LogP contribution in [0.2, 0.25) is 0 Å². The van der Waals surface area contributed by atoms with E-state index in [4.69, 9.17) is 0 Å². The second kappa shape index (κ2) is 7.04. The van der Waals surface area contributed by atoms with Crippen LogP contribution in [0.15, 0.2) is 42.5 Å². The molecule has 21 heavy (non-hydrogen) atoms. The lowest BCUT2D eigenvalue weighted by molar-refractivity contribution is 0.102. The van der Waals surface area contributed by atoms with Gasteiger partial charge in [0.1, 0.15) is 0 Å².